The molecule has 0 bridgehead atoms. The molecule has 4 aromatic rings. The Kier molecular flexibility index (Phi) is 7.07. The summed E-state index contributed by atoms with van der Waals surface area (Å²) in [5.41, 5.74) is 3.65. The first kappa shape index (κ1) is 24.5. The molecule has 0 amide bonds. The summed E-state index contributed by atoms with van der Waals surface area (Å²) in [6, 6.07) is 32.1. The van der Waals surface area contributed by atoms with Gasteiger partial charge in [-0.15, -0.1) is 0 Å². The Morgan fingerprint density at radius 1 is 0.972 bits per heavy atom. The Labute approximate surface area is 225 Å². The SMILES string of the molecule is CO/C(C=O)=C(\C)c1cnc([C@@H]2[C@H](CI)N2C(c2ccccc2)(c2ccccc2)c2ccccc2)o1. The minimum absolute atomic E-state index is 0.0358. The number of aldehydes is 1. The number of carbonyl (C=O) groups is 1. The number of aromatic nitrogens is 1. The maximum atomic E-state index is 11.4. The van der Waals surface area contributed by atoms with E-state index in [-0.39, 0.29) is 17.8 Å². The number of halogens is 1. The van der Waals surface area contributed by atoms with Gasteiger partial charge in [-0.3, -0.25) is 9.69 Å². The van der Waals surface area contributed by atoms with Gasteiger partial charge in [-0.2, -0.15) is 0 Å². The quantitative estimate of drug-likeness (QED) is 0.0430. The van der Waals surface area contributed by atoms with E-state index in [0.29, 0.717) is 23.5 Å². The van der Waals surface area contributed by atoms with Crippen LogP contribution in [-0.4, -0.2) is 33.7 Å². The van der Waals surface area contributed by atoms with Crippen molar-refractivity contribution in [2.45, 2.75) is 24.5 Å². The number of nitrogens with zero attached hydrogens (tertiary/aromatic N) is 2. The molecule has 0 N–H and O–H groups in total. The second-order valence-corrected chi connectivity index (χ2v) is 9.64. The molecule has 6 heteroatoms. The number of carbonyl (C=O) groups excluding carboxylic acids is 1. The zero-order valence-electron chi connectivity index (χ0n) is 20.2. The van der Waals surface area contributed by atoms with Gasteiger partial charge in [-0.05, 0) is 23.6 Å². The standard InChI is InChI=1S/C30H27IN2O3/c1-21(27(20-34)35-2)26-19-32-29(36-26)28-25(18-31)33(28)30(22-12-6-3-7-13-22,23-14-8-4-9-15-23)24-16-10-5-11-17-24/h3-17,19-20,25,28H,18H2,1-2H3/b27-21+/t25-,28-,33?/m0/s1. The topological polar surface area (TPSA) is 55.3 Å². The highest BCUT2D eigenvalue weighted by Gasteiger charge is 2.62. The fraction of sp³-hybridized carbons (Fsp3) is 0.200. The van der Waals surface area contributed by atoms with Crippen LogP contribution in [0.1, 0.15) is 41.3 Å². The van der Waals surface area contributed by atoms with Crippen LogP contribution in [0.25, 0.3) is 5.57 Å². The number of ether oxygens (including phenoxy) is 1. The molecule has 1 aliphatic rings. The average Bonchev–Trinajstić information content (AvgIpc) is 3.46. The summed E-state index contributed by atoms with van der Waals surface area (Å²) in [6.07, 6.45) is 2.38. The monoisotopic (exact) mass is 590 g/mol. The fourth-order valence-electron chi connectivity index (χ4n) is 5.17. The second-order valence-electron chi connectivity index (χ2n) is 8.76. The highest BCUT2D eigenvalue weighted by molar-refractivity contribution is 14.1. The Morgan fingerprint density at radius 2 is 1.47 bits per heavy atom. The number of oxazole rings is 1. The normalized spacial score (nSPS) is 19.9. The summed E-state index contributed by atoms with van der Waals surface area (Å²) in [5, 5.41) is 0. The van der Waals surface area contributed by atoms with E-state index >= 15 is 0 Å². The molecule has 5 rings (SSSR count). The predicted molar refractivity (Wildman–Crippen MR) is 149 cm³/mol. The van der Waals surface area contributed by atoms with Crippen LogP contribution in [0.2, 0.25) is 0 Å². The predicted octanol–water partition coefficient (Wildman–Crippen LogP) is 6.40. The molecule has 1 aliphatic heterocycles. The summed E-state index contributed by atoms with van der Waals surface area (Å²) in [6.45, 7) is 1.81. The van der Waals surface area contributed by atoms with Crippen molar-refractivity contribution in [3.05, 3.63) is 131 Å². The Bertz CT molecular complexity index is 1260. The van der Waals surface area contributed by atoms with Crippen LogP contribution in [0.3, 0.4) is 0 Å². The molecule has 36 heavy (non-hydrogen) atoms. The van der Waals surface area contributed by atoms with E-state index in [1.54, 1.807) is 13.1 Å². The molecule has 0 saturated carbocycles. The van der Waals surface area contributed by atoms with Crippen LogP contribution >= 0.6 is 22.6 Å². The highest BCUT2D eigenvalue weighted by atomic mass is 127. The van der Waals surface area contributed by atoms with Gasteiger partial charge in [0.2, 0.25) is 5.89 Å². The van der Waals surface area contributed by atoms with Gasteiger partial charge in [0.05, 0.1) is 18.8 Å². The number of hydrogen-bond donors (Lipinski definition) is 0. The van der Waals surface area contributed by atoms with E-state index in [0.717, 1.165) is 4.43 Å². The van der Waals surface area contributed by atoms with Crippen LogP contribution in [0, 0.1) is 0 Å². The van der Waals surface area contributed by atoms with Gasteiger partial charge in [0.15, 0.2) is 17.8 Å². The third kappa shape index (κ3) is 4.08. The van der Waals surface area contributed by atoms with Gasteiger partial charge in [0, 0.05) is 16.0 Å². The third-order valence-electron chi connectivity index (χ3n) is 6.89. The molecule has 0 spiro atoms. The minimum Gasteiger partial charge on any atom is -0.493 e. The fourth-order valence-corrected chi connectivity index (χ4v) is 6.08. The molecule has 3 aromatic carbocycles. The van der Waals surface area contributed by atoms with Crippen LogP contribution in [0.4, 0.5) is 0 Å². The number of allylic oxidation sites excluding steroid dienone is 2. The lowest BCUT2D eigenvalue weighted by Crippen LogP contribution is -2.39. The van der Waals surface area contributed by atoms with Crippen molar-refractivity contribution in [2.75, 3.05) is 11.5 Å². The van der Waals surface area contributed by atoms with Crippen LogP contribution < -0.4 is 0 Å². The zero-order chi connectivity index (χ0) is 25.1. The third-order valence-corrected chi connectivity index (χ3v) is 7.80. The Hall–Kier alpha value is -3.23. The van der Waals surface area contributed by atoms with Crippen molar-refractivity contribution < 1.29 is 13.9 Å². The zero-order valence-corrected chi connectivity index (χ0v) is 22.3. The summed E-state index contributed by atoms with van der Waals surface area (Å²) in [7, 11) is 1.48. The van der Waals surface area contributed by atoms with Crippen LogP contribution in [0.15, 0.2) is 107 Å². The molecule has 0 aliphatic carbocycles. The molecule has 1 unspecified atom stereocenters. The molecular weight excluding hydrogens is 563 g/mol. The molecule has 1 fully saturated rings. The van der Waals surface area contributed by atoms with Crippen LogP contribution in [-0.2, 0) is 15.1 Å². The molecular formula is C30H27IN2O3. The molecule has 2 heterocycles. The van der Waals surface area contributed by atoms with Crippen molar-refractivity contribution >= 4 is 34.5 Å². The first-order valence-electron chi connectivity index (χ1n) is 11.8. The summed E-state index contributed by atoms with van der Waals surface area (Å²) < 4.78 is 12.4. The smallest absolute Gasteiger partial charge is 0.213 e. The first-order chi connectivity index (χ1) is 17.7. The summed E-state index contributed by atoms with van der Waals surface area (Å²) >= 11 is 2.45. The summed E-state index contributed by atoms with van der Waals surface area (Å²) in [4.78, 5) is 18.6. The average molecular weight is 590 g/mol. The largest absolute Gasteiger partial charge is 0.493 e. The maximum absolute atomic E-state index is 11.4. The van der Waals surface area contributed by atoms with Crippen molar-refractivity contribution in [3.63, 3.8) is 0 Å². The van der Waals surface area contributed by atoms with Crippen molar-refractivity contribution in [2.24, 2.45) is 0 Å². The molecule has 1 aromatic heterocycles. The van der Waals surface area contributed by atoms with Gasteiger partial charge in [-0.1, -0.05) is 114 Å². The van der Waals surface area contributed by atoms with E-state index in [1.807, 2.05) is 0 Å². The minimum atomic E-state index is -0.537. The van der Waals surface area contributed by atoms with Crippen molar-refractivity contribution in [1.29, 1.82) is 0 Å². The van der Waals surface area contributed by atoms with Gasteiger partial charge in [0.1, 0.15) is 6.04 Å². The van der Waals surface area contributed by atoms with E-state index in [4.69, 9.17) is 9.15 Å². The van der Waals surface area contributed by atoms with Crippen molar-refractivity contribution in [3.8, 4) is 0 Å². The Balaban J connectivity index is 1.69. The lowest BCUT2D eigenvalue weighted by atomic mass is 9.76. The molecule has 1 saturated heterocycles. The summed E-state index contributed by atoms with van der Waals surface area (Å²) in [5.74, 6) is 1.42. The highest BCUT2D eigenvalue weighted by Crippen LogP contribution is 2.58. The van der Waals surface area contributed by atoms with Crippen molar-refractivity contribution in [1.82, 2.24) is 9.88 Å². The van der Waals surface area contributed by atoms with Crippen LogP contribution in [0.5, 0.6) is 0 Å². The van der Waals surface area contributed by atoms with E-state index in [9.17, 15) is 4.79 Å². The number of hydrogen-bond acceptors (Lipinski definition) is 5. The van der Waals surface area contributed by atoms with E-state index < -0.39 is 5.54 Å². The first-order valence-corrected chi connectivity index (χ1v) is 13.4. The molecule has 3 atom stereocenters. The molecule has 5 nitrogen and oxygen atoms in total. The molecule has 182 valence electrons. The molecule has 0 radical (unpaired) electrons. The number of benzene rings is 3. The van der Waals surface area contributed by atoms with Gasteiger partial charge in [-0.25, -0.2) is 4.98 Å². The van der Waals surface area contributed by atoms with Gasteiger partial charge < -0.3 is 9.15 Å². The number of alkyl halides is 1. The van der Waals surface area contributed by atoms with E-state index in [2.05, 4.69) is 123 Å². The Morgan fingerprint density at radius 3 is 1.89 bits per heavy atom. The second kappa shape index (κ2) is 10.4. The lowest BCUT2D eigenvalue weighted by Gasteiger charge is -2.38. The number of methoxy groups -OCH3 is 1. The van der Waals surface area contributed by atoms with Gasteiger partial charge in [0.25, 0.3) is 0 Å². The van der Waals surface area contributed by atoms with Gasteiger partial charge >= 0.3 is 0 Å². The van der Waals surface area contributed by atoms with E-state index in [1.165, 1.54) is 23.8 Å². The lowest BCUT2D eigenvalue weighted by molar-refractivity contribution is -0.107. The number of rotatable bonds is 9. The maximum Gasteiger partial charge on any atom is 0.213 e.